The van der Waals surface area contributed by atoms with Crippen LogP contribution in [0.4, 0.5) is 0 Å². The maximum Gasteiger partial charge on any atom is 0.261 e. The summed E-state index contributed by atoms with van der Waals surface area (Å²) in [6, 6.07) is 3.66. The van der Waals surface area contributed by atoms with Crippen molar-refractivity contribution in [2.75, 3.05) is 6.54 Å². The van der Waals surface area contributed by atoms with Crippen molar-refractivity contribution < 1.29 is 9.53 Å². The van der Waals surface area contributed by atoms with Crippen molar-refractivity contribution in [1.82, 2.24) is 10.3 Å². The molecular weight excluding hydrogens is 242 g/mol. The van der Waals surface area contributed by atoms with Gasteiger partial charge in [-0.1, -0.05) is 0 Å². The first-order valence-corrected chi connectivity index (χ1v) is 6.45. The molecule has 0 spiro atoms. The monoisotopic (exact) mass is 265 g/mol. The highest BCUT2D eigenvalue weighted by molar-refractivity contribution is 5.81. The van der Waals surface area contributed by atoms with E-state index in [-0.39, 0.29) is 11.4 Å². The summed E-state index contributed by atoms with van der Waals surface area (Å²) in [7, 11) is 0. The van der Waals surface area contributed by atoms with Gasteiger partial charge in [-0.25, -0.2) is 0 Å². The number of carbonyl (C=O) groups is 1. The minimum absolute atomic E-state index is 0.140. The molecule has 5 nitrogen and oxygen atoms in total. The fourth-order valence-electron chi connectivity index (χ4n) is 1.51. The number of amides is 1. The highest BCUT2D eigenvalue weighted by atomic mass is 16.5. The van der Waals surface area contributed by atoms with Gasteiger partial charge < -0.3 is 15.8 Å². The molecule has 0 aromatic carbocycles. The number of rotatable bonds is 5. The normalized spacial score (nSPS) is 12.9. The van der Waals surface area contributed by atoms with Crippen molar-refractivity contribution in [2.24, 2.45) is 5.73 Å². The lowest BCUT2D eigenvalue weighted by Gasteiger charge is -2.23. The van der Waals surface area contributed by atoms with E-state index >= 15 is 0 Å². The summed E-state index contributed by atoms with van der Waals surface area (Å²) in [5.74, 6) is 0.441. The Kier molecular flexibility index (Phi) is 5.30. The van der Waals surface area contributed by atoms with Gasteiger partial charge in [0.25, 0.3) is 5.91 Å². The third-order valence-corrected chi connectivity index (χ3v) is 2.38. The van der Waals surface area contributed by atoms with E-state index in [1.165, 1.54) is 0 Å². The van der Waals surface area contributed by atoms with Crippen molar-refractivity contribution in [3.8, 4) is 5.75 Å². The summed E-state index contributed by atoms with van der Waals surface area (Å²) in [5, 5.41) is 2.87. The van der Waals surface area contributed by atoms with E-state index in [4.69, 9.17) is 10.5 Å². The van der Waals surface area contributed by atoms with Crippen molar-refractivity contribution in [3.63, 3.8) is 0 Å². The standard InChI is InChI=1S/C14H23N3O2/c1-10(13(18)17-14(2,3)4)19-12-6-5-11(7-8-15)16-9-12/h5-6,9-10H,7-8,15H2,1-4H3,(H,17,18). The predicted octanol–water partition coefficient (Wildman–Crippen LogP) is 1.26. The van der Waals surface area contributed by atoms with E-state index in [1.54, 1.807) is 19.2 Å². The Morgan fingerprint density at radius 2 is 2.16 bits per heavy atom. The Morgan fingerprint density at radius 3 is 2.63 bits per heavy atom. The lowest BCUT2D eigenvalue weighted by Crippen LogP contribution is -2.46. The molecule has 1 aromatic heterocycles. The van der Waals surface area contributed by atoms with Gasteiger partial charge in [-0.3, -0.25) is 9.78 Å². The second-order valence-corrected chi connectivity index (χ2v) is 5.52. The van der Waals surface area contributed by atoms with E-state index in [9.17, 15) is 4.79 Å². The number of carbonyl (C=O) groups excluding carboxylic acids is 1. The summed E-state index contributed by atoms with van der Waals surface area (Å²) in [6.45, 7) is 8.08. The van der Waals surface area contributed by atoms with Crippen molar-refractivity contribution in [3.05, 3.63) is 24.0 Å². The van der Waals surface area contributed by atoms with Crippen LogP contribution in [-0.2, 0) is 11.2 Å². The number of nitrogens with zero attached hydrogens (tertiary/aromatic N) is 1. The van der Waals surface area contributed by atoms with E-state index in [0.717, 1.165) is 12.1 Å². The largest absolute Gasteiger partial charge is 0.479 e. The molecule has 19 heavy (non-hydrogen) atoms. The molecule has 0 saturated carbocycles. The van der Waals surface area contributed by atoms with Crippen LogP contribution < -0.4 is 15.8 Å². The minimum Gasteiger partial charge on any atom is -0.479 e. The number of nitrogens with one attached hydrogen (secondary N) is 1. The first kappa shape index (κ1) is 15.4. The molecule has 1 atom stereocenters. The molecule has 3 N–H and O–H groups in total. The Labute approximate surface area is 114 Å². The van der Waals surface area contributed by atoms with E-state index in [0.29, 0.717) is 12.3 Å². The molecule has 0 fully saturated rings. The van der Waals surface area contributed by atoms with Gasteiger partial charge in [-0.2, -0.15) is 0 Å². The van der Waals surface area contributed by atoms with Crippen LogP contribution in [0.25, 0.3) is 0 Å². The average Bonchev–Trinajstić information content (AvgIpc) is 2.29. The highest BCUT2D eigenvalue weighted by Crippen LogP contribution is 2.12. The number of pyridine rings is 1. The summed E-state index contributed by atoms with van der Waals surface area (Å²) < 4.78 is 5.55. The lowest BCUT2D eigenvalue weighted by molar-refractivity contribution is -0.128. The number of nitrogens with two attached hydrogens (primary N) is 1. The number of aromatic nitrogens is 1. The van der Waals surface area contributed by atoms with Crippen LogP contribution in [0.15, 0.2) is 18.3 Å². The molecule has 1 amide bonds. The summed E-state index contributed by atoms with van der Waals surface area (Å²) in [5.41, 5.74) is 6.11. The fourth-order valence-corrected chi connectivity index (χ4v) is 1.51. The molecule has 106 valence electrons. The summed E-state index contributed by atoms with van der Waals surface area (Å²) in [6.07, 6.45) is 1.80. The quantitative estimate of drug-likeness (QED) is 0.840. The fraction of sp³-hybridized carbons (Fsp3) is 0.571. The molecule has 0 saturated heterocycles. The summed E-state index contributed by atoms with van der Waals surface area (Å²) >= 11 is 0. The van der Waals surface area contributed by atoms with E-state index in [2.05, 4.69) is 10.3 Å². The van der Waals surface area contributed by atoms with Gasteiger partial charge in [-0.15, -0.1) is 0 Å². The molecule has 0 aliphatic rings. The SMILES string of the molecule is CC(Oc1ccc(CCN)nc1)C(=O)NC(C)(C)C. The predicted molar refractivity (Wildman–Crippen MR) is 75.0 cm³/mol. The molecule has 5 heteroatoms. The molecule has 0 bridgehead atoms. The van der Waals surface area contributed by atoms with Gasteiger partial charge in [0.15, 0.2) is 6.10 Å². The van der Waals surface area contributed by atoms with Crippen LogP contribution in [-0.4, -0.2) is 29.1 Å². The first-order chi connectivity index (χ1) is 8.81. The second-order valence-electron chi connectivity index (χ2n) is 5.52. The van der Waals surface area contributed by atoms with Gasteiger partial charge >= 0.3 is 0 Å². The van der Waals surface area contributed by atoms with Crippen LogP contribution in [0, 0.1) is 0 Å². The maximum atomic E-state index is 11.9. The van der Waals surface area contributed by atoms with Gasteiger partial charge in [0.2, 0.25) is 0 Å². The lowest BCUT2D eigenvalue weighted by atomic mass is 10.1. The van der Waals surface area contributed by atoms with Crippen LogP contribution in [0.2, 0.25) is 0 Å². The number of ether oxygens (including phenoxy) is 1. The topological polar surface area (TPSA) is 77.2 Å². The third kappa shape index (κ3) is 5.70. The van der Waals surface area contributed by atoms with Crippen molar-refractivity contribution in [2.45, 2.75) is 45.8 Å². The van der Waals surface area contributed by atoms with Crippen LogP contribution in [0.3, 0.4) is 0 Å². The molecule has 1 aromatic rings. The summed E-state index contributed by atoms with van der Waals surface area (Å²) in [4.78, 5) is 16.1. The molecule has 1 unspecified atom stereocenters. The third-order valence-electron chi connectivity index (χ3n) is 2.38. The maximum absolute atomic E-state index is 11.9. The minimum atomic E-state index is -0.554. The average molecular weight is 265 g/mol. The zero-order chi connectivity index (χ0) is 14.5. The van der Waals surface area contributed by atoms with E-state index in [1.807, 2.05) is 26.8 Å². The van der Waals surface area contributed by atoms with E-state index < -0.39 is 6.10 Å². The second kappa shape index (κ2) is 6.52. The van der Waals surface area contributed by atoms with Gasteiger partial charge in [0.1, 0.15) is 5.75 Å². The number of hydrogen-bond acceptors (Lipinski definition) is 4. The Bertz CT molecular complexity index is 410. The van der Waals surface area contributed by atoms with Crippen LogP contribution in [0.5, 0.6) is 5.75 Å². The Balaban J connectivity index is 2.56. The zero-order valence-electron chi connectivity index (χ0n) is 12.1. The molecule has 0 radical (unpaired) electrons. The van der Waals surface area contributed by atoms with Crippen LogP contribution >= 0.6 is 0 Å². The molecular formula is C14H23N3O2. The van der Waals surface area contributed by atoms with Gasteiger partial charge in [0.05, 0.1) is 6.20 Å². The zero-order valence-corrected chi connectivity index (χ0v) is 12.1. The molecule has 0 aliphatic carbocycles. The first-order valence-electron chi connectivity index (χ1n) is 6.45. The highest BCUT2D eigenvalue weighted by Gasteiger charge is 2.20. The Hall–Kier alpha value is -1.62. The molecule has 1 heterocycles. The van der Waals surface area contributed by atoms with Gasteiger partial charge in [0, 0.05) is 17.7 Å². The van der Waals surface area contributed by atoms with Crippen molar-refractivity contribution >= 4 is 5.91 Å². The molecule has 0 aliphatic heterocycles. The molecule has 1 rings (SSSR count). The van der Waals surface area contributed by atoms with Crippen LogP contribution in [0.1, 0.15) is 33.4 Å². The number of hydrogen-bond donors (Lipinski definition) is 2. The van der Waals surface area contributed by atoms with Crippen molar-refractivity contribution in [1.29, 1.82) is 0 Å². The Morgan fingerprint density at radius 1 is 1.47 bits per heavy atom. The van der Waals surface area contributed by atoms with Gasteiger partial charge in [-0.05, 0) is 46.4 Å². The smallest absolute Gasteiger partial charge is 0.261 e.